The Balaban J connectivity index is 1.70. The highest BCUT2D eigenvalue weighted by Crippen LogP contribution is 2.32. The fourth-order valence-corrected chi connectivity index (χ4v) is 2.67. The molecule has 0 fully saturated rings. The lowest BCUT2D eigenvalue weighted by Gasteiger charge is -2.29. The number of ether oxygens (including phenoxy) is 2. The zero-order chi connectivity index (χ0) is 17.1. The second-order valence-corrected chi connectivity index (χ2v) is 5.76. The fourth-order valence-electron chi connectivity index (χ4n) is 2.67. The van der Waals surface area contributed by atoms with E-state index in [9.17, 15) is 9.59 Å². The molecule has 1 heterocycles. The molecular formula is C19H19NO4. The third-order valence-corrected chi connectivity index (χ3v) is 3.97. The van der Waals surface area contributed by atoms with Crippen LogP contribution in [0.5, 0.6) is 5.75 Å². The molecule has 0 N–H and O–H groups in total. The Kier molecular flexibility index (Phi) is 4.51. The van der Waals surface area contributed by atoms with Crippen LogP contribution in [0.25, 0.3) is 0 Å². The van der Waals surface area contributed by atoms with E-state index >= 15 is 0 Å². The number of benzene rings is 2. The number of nitrogens with zero attached hydrogens (tertiary/aromatic N) is 1. The number of fused-ring (bicyclic) bond motifs is 1. The van der Waals surface area contributed by atoms with Gasteiger partial charge >= 0.3 is 5.97 Å². The fraction of sp³-hybridized carbons (Fsp3) is 0.263. The number of esters is 1. The maximum absolute atomic E-state index is 12.5. The Morgan fingerprint density at radius 3 is 2.75 bits per heavy atom. The summed E-state index contributed by atoms with van der Waals surface area (Å²) >= 11 is 0. The average molecular weight is 325 g/mol. The number of hydrogen-bond donors (Lipinski definition) is 0. The molecule has 24 heavy (non-hydrogen) atoms. The maximum atomic E-state index is 12.5. The van der Waals surface area contributed by atoms with Crippen LogP contribution >= 0.6 is 0 Å². The zero-order valence-electron chi connectivity index (χ0n) is 13.7. The largest absolute Gasteiger partial charge is 0.490 e. The molecule has 0 atom stereocenters. The van der Waals surface area contributed by atoms with Crippen molar-refractivity contribution in [2.24, 2.45) is 0 Å². The van der Waals surface area contributed by atoms with Gasteiger partial charge in [0.05, 0.1) is 17.8 Å². The summed E-state index contributed by atoms with van der Waals surface area (Å²) in [5.74, 6) is -0.0725. The number of amides is 1. The summed E-state index contributed by atoms with van der Waals surface area (Å²) in [5, 5.41) is 0. The number of carbonyl (C=O) groups excluding carboxylic acids is 2. The van der Waals surface area contributed by atoms with Crippen LogP contribution in [-0.2, 0) is 9.53 Å². The lowest BCUT2D eigenvalue weighted by Crippen LogP contribution is -2.40. The normalized spacial score (nSPS) is 13.0. The van der Waals surface area contributed by atoms with Gasteiger partial charge in [-0.3, -0.25) is 4.79 Å². The first-order valence-electron chi connectivity index (χ1n) is 7.83. The Bertz CT molecular complexity index is 785. The molecule has 3 rings (SSSR count). The molecule has 0 aromatic heterocycles. The third kappa shape index (κ3) is 3.25. The van der Waals surface area contributed by atoms with Crippen molar-refractivity contribution in [2.45, 2.75) is 13.8 Å². The van der Waals surface area contributed by atoms with Gasteiger partial charge in [-0.1, -0.05) is 24.3 Å². The summed E-state index contributed by atoms with van der Waals surface area (Å²) in [6, 6.07) is 12.8. The lowest BCUT2D eigenvalue weighted by atomic mass is 10.1. The van der Waals surface area contributed by atoms with Crippen LogP contribution in [0, 0.1) is 13.8 Å². The second kappa shape index (κ2) is 6.74. The second-order valence-electron chi connectivity index (χ2n) is 5.76. The summed E-state index contributed by atoms with van der Waals surface area (Å²) in [5.41, 5.74) is 3.05. The van der Waals surface area contributed by atoms with E-state index in [-0.39, 0.29) is 12.5 Å². The van der Waals surface area contributed by atoms with E-state index in [1.165, 1.54) is 0 Å². The molecule has 1 amide bonds. The molecule has 2 aromatic carbocycles. The number of carbonyl (C=O) groups is 2. The summed E-state index contributed by atoms with van der Waals surface area (Å²) in [6.07, 6.45) is 0. The van der Waals surface area contributed by atoms with E-state index in [4.69, 9.17) is 9.47 Å². The molecule has 5 nitrogen and oxygen atoms in total. The Morgan fingerprint density at radius 2 is 1.96 bits per heavy atom. The highest BCUT2D eigenvalue weighted by Gasteiger charge is 2.25. The molecule has 0 aliphatic carbocycles. The predicted molar refractivity (Wildman–Crippen MR) is 90.5 cm³/mol. The molecule has 0 saturated heterocycles. The highest BCUT2D eigenvalue weighted by atomic mass is 16.5. The van der Waals surface area contributed by atoms with Crippen LogP contribution in [0.15, 0.2) is 42.5 Å². The molecule has 0 unspecified atom stereocenters. The van der Waals surface area contributed by atoms with Gasteiger partial charge in [0.1, 0.15) is 12.4 Å². The van der Waals surface area contributed by atoms with Gasteiger partial charge < -0.3 is 14.4 Å². The van der Waals surface area contributed by atoms with Crippen molar-refractivity contribution in [3.63, 3.8) is 0 Å². The first-order chi connectivity index (χ1) is 11.6. The van der Waals surface area contributed by atoms with Gasteiger partial charge in [0, 0.05) is 0 Å². The number of rotatable bonds is 3. The van der Waals surface area contributed by atoms with Gasteiger partial charge in [-0.2, -0.15) is 0 Å². The van der Waals surface area contributed by atoms with Crippen molar-refractivity contribution in [2.75, 3.05) is 24.7 Å². The number of anilines is 1. The minimum atomic E-state index is -0.487. The van der Waals surface area contributed by atoms with E-state index in [0.29, 0.717) is 24.5 Å². The van der Waals surface area contributed by atoms with Crippen LogP contribution in [0.1, 0.15) is 21.5 Å². The van der Waals surface area contributed by atoms with Crippen molar-refractivity contribution in [1.29, 1.82) is 0 Å². The van der Waals surface area contributed by atoms with Crippen molar-refractivity contribution in [3.8, 4) is 5.75 Å². The summed E-state index contributed by atoms with van der Waals surface area (Å²) in [4.78, 5) is 26.2. The predicted octanol–water partition coefficient (Wildman–Crippen LogP) is 2.89. The van der Waals surface area contributed by atoms with Crippen molar-refractivity contribution in [1.82, 2.24) is 0 Å². The van der Waals surface area contributed by atoms with Crippen LogP contribution in [0.3, 0.4) is 0 Å². The highest BCUT2D eigenvalue weighted by molar-refractivity contribution is 5.98. The van der Waals surface area contributed by atoms with Crippen molar-refractivity contribution < 1.29 is 19.1 Å². The maximum Gasteiger partial charge on any atom is 0.338 e. The van der Waals surface area contributed by atoms with E-state index in [0.717, 1.165) is 16.8 Å². The molecule has 1 aliphatic rings. The number of aryl methyl sites for hydroxylation is 2. The molecule has 5 heteroatoms. The van der Waals surface area contributed by atoms with Gasteiger partial charge in [0.2, 0.25) is 0 Å². The zero-order valence-corrected chi connectivity index (χ0v) is 13.7. The van der Waals surface area contributed by atoms with Crippen molar-refractivity contribution in [3.05, 3.63) is 59.2 Å². The topological polar surface area (TPSA) is 55.8 Å². The molecule has 124 valence electrons. The molecule has 0 spiro atoms. The van der Waals surface area contributed by atoms with Crippen LogP contribution in [-0.4, -0.2) is 31.6 Å². The minimum absolute atomic E-state index is 0.257. The van der Waals surface area contributed by atoms with Crippen molar-refractivity contribution >= 4 is 17.6 Å². The van der Waals surface area contributed by atoms with Gasteiger partial charge in [-0.25, -0.2) is 4.79 Å². The first-order valence-corrected chi connectivity index (χ1v) is 7.83. The van der Waals surface area contributed by atoms with Gasteiger partial charge in [0.25, 0.3) is 5.91 Å². The SMILES string of the molecule is Cc1ccc2c(c1)N(C(=O)COC(=O)c1ccccc1C)CCO2. The monoisotopic (exact) mass is 325 g/mol. The Morgan fingerprint density at radius 1 is 1.17 bits per heavy atom. The van der Waals surface area contributed by atoms with Gasteiger partial charge in [-0.15, -0.1) is 0 Å². The molecule has 2 aromatic rings. The van der Waals surface area contributed by atoms with Gasteiger partial charge in [-0.05, 0) is 43.2 Å². The lowest BCUT2D eigenvalue weighted by molar-refractivity contribution is -0.121. The van der Waals surface area contributed by atoms with Crippen LogP contribution in [0.2, 0.25) is 0 Å². The van der Waals surface area contributed by atoms with E-state index < -0.39 is 5.97 Å². The van der Waals surface area contributed by atoms with Gasteiger partial charge in [0.15, 0.2) is 6.61 Å². The van der Waals surface area contributed by atoms with Crippen LogP contribution < -0.4 is 9.64 Å². The third-order valence-electron chi connectivity index (χ3n) is 3.97. The quantitative estimate of drug-likeness (QED) is 0.814. The standard InChI is InChI=1S/C19H19NO4/c1-13-7-8-17-16(11-13)20(9-10-23-17)18(21)12-24-19(22)15-6-4-3-5-14(15)2/h3-8,11H,9-10,12H2,1-2H3. The first kappa shape index (κ1) is 16.1. The summed E-state index contributed by atoms with van der Waals surface area (Å²) < 4.78 is 10.8. The molecule has 0 saturated carbocycles. The Labute approximate surface area is 140 Å². The molecule has 0 radical (unpaired) electrons. The Hall–Kier alpha value is -2.82. The van der Waals surface area contributed by atoms with E-state index in [1.807, 2.05) is 44.2 Å². The smallest absolute Gasteiger partial charge is 0.338 e. The van der Waals surface area contributed by atoms with E-state index in [1.54, 1.807) is 17.0 Å². The average Bonchev–Trinajstić information content (AvgIpc) is 2.59. The summed E-state index contributed by atoms with van der Waals surface area (Å²) in [6.45, 7) is 4.36. The number of hydrogen-bond acceptors (Lipinski definition) is 4. The van der Waals surface area contributed by atoms with E-state index in [2.05, 4.69) is 0 Å². The molecular weight excluding hydrogens is 306 g/mol. The molecule has 0 bridgehead atoms. The molecule has 1 aliphatic heterocycles. The minimum Gasteiger partial charge on any atom is -0.490 e. The summed E-state index contributed by atoms with van der Waals surface area (Å²) in [7, 11) is 0. The van der Waals surface area contributed by atoms with Crippen LogP contribution in [0.4, 0.5) is 5.69 Å².